The minimum atomic E-state index is -0.236. The van der Waals surface area contributed by atoms with Crippen LogP contribution in [-0.2, 0) is 6.54 Å². The smallest absolute Gasteiger partial charge is 0.258 e. The van der Waals surface area contributed by atoms with Crippen LogP contribution in [-0.4, -0.2) is 39.9 Å². The Kier molecular flexibility index (Phi) is 4.81. The second-order valence-electron chi connectivity index (χ2n) is 7.26. The van der Waals surface area contributed by atoms with E-state index in [9.17, 15) is 9.59 Å². The van der Waals surface area contributed by atoms with E-state index in [0.29, 0.717) is 10.9 Å². The summed E-state index contributed by atoms with van der Waals surface area (Å²) in [6.45, 7) is 4.75. The Morgan fingerprint density at radius 2 is 1.89 bits per heavy atom. The van der Waals surface area contributed by atoms with Gasteiger partial charge in [-0.25, -0.2) is 0 Å². The Morgan fingerprint density at radius 1 is 1.15 bits per heavy atom. The van der Waals surface area contributed by atoms with Crippen LogP contribution in [0.3, 0.4) is 0 Å². The lowest BCUT2D eigenvalue weighted by atomic mass is 10.0. The summed E-state index contributed by atoms with van der Waals surface area (Å²) >= 11 is 0. The molecule has 1 aromatic carbocycles. The predicted octanol–water partition coefficient (Wildman–Crippen LogP) is 2.56. The maximum absolute atomic E-state index is 12.7. The monoisotopic (exact) mass is 364 g/mol. The van der Waals surface area contributed by atoms with E-state index in [1.165, 1.54) is 5.56 Å². The molecule has 0 atom stereocenters. The van der Waals surface area contributed by atoms with Crippen LogP contribution in [0.25, 0.3) is 10.9 Å². The number of aromatic amines is 2. The summed E-state index contributed by atoms with van der Waals surface area (Å²) in [5.74, 6) is -0.182. The Bertz CT molecular complexity index is 998. The molecule has 0 radical (unpaired) electrons. The minimum Gasteiger partial charge on any atom is -0.360 e. The second kappa shape index (κ2) is 7.40. The van der Waals surface area contributed by atoms with Gasteiger partial charge in [0.05, 0.1) is 16.5 Å². The van der Waals surface area contributed by atoms with Gasteiger partial charge in [0.2, 0.25) is 0 Å². The molecule has 3 N–H and O–H groups in total. The average molecular weight is 364 g/mol. The lowest BCUT2D eigenvalue weighted by molar-refractivity contribution is 0.0910. The number of carbonyl (C=O) groups excluding carboxylic acids is 1. The number of likely N-dealkylation sites (tertiary alicyclic amines) is 1. The summed E-state index contributed by atoms with van der Waals surface area (Å²) in [6.07, 6.45) is 5.12. The number of fused-ring (bicyclic) bond motifs is 1. The van der Waals surface area contributed by atoms with Gasteiger partial charge in [-0.2, -0.15) is 0 Å². The average Bonchev–Trinajstić information content (AvgIpc) is 3.14. The van der Waals surface area contributed by atoms with E-state index >= 15 is 0 Å². The van der Waals surface area contributed by atoms with Gasteiger partial charge in [0.1, 0.15) is 0 Å². The molecule has 0 spiro atoms. The van der Waals surface area contributed by atoms with Crippen LogP contribution in [0, 0.1) is 6.92 Å². The topological polar surface area (TPSA) is 81.0 Å². The summed E-state index contributed by atoms with van der Waals surface area (Å²) in [5.41, 5.74) is 3.13. The lowest BCUT2D eigenvalue weighted by Gasteiger charge is -2.32. The summed E-state index contributed by atoms with van der Waals surface area (Å²) in [6, 6.07) is 10.6. The summed E-state index contributed by atoms with van der Waals surface area (Å²) in [5, 5.41) is 3.55. The predicted molar refractivity (Wildman–Crippen MR) is 106 cm³/mol. The first-order chi connectivity index (χ1) is 13.1. The number of carbonyl (C=O) groups is 1. The number of H-pyrrole nitrogens is 2. The van der Waals surface area contributed by atoms with Crippen molar-refractivity contribution in [2.75, 3.05) is 13.1 Å². The van der Waals surface area contributed by atoms with E-state index in [1.54, 1.807) is 12.4 Å². The van der Waals surface area contributed by atoms with Gasteiger partial charge in [-0.05, 0) is 30.9 Å². The van der Waals surface area contributed by atoms with Crippen molar-refractivity contribution in [1.82, 2.24) is 20.2 Å². The van der Waals surface area contributed by atoms with Crippen LogP contribution in [0.4, 0.5) is 0 Å². The van der Waals surface area contributed by atoms with Gasteiger partial charge in [0, 0.05) is 38.1 Å². The Balaban J connectivity index is 1.39. The van der Waals surface area contributed by atoms with Crippen LogP contribution >= 0.6 is 0 Å². The number of nitrogens with zero attached hydrogens (tertiary/aromatic N) is 1. The Hall–Kier alpha value is -2.86. The maximum Gasteiger partial charge on any atom is 0.258 e. The van der Waals surface area contributed by atoms with Gasteiger partial charge >= 0.3 is 0 Å². The quantitative estimate of drug-likeness (QED) is 0.665. The fraction of sp³-hybridized carbons (Fsp3) is 0.333. The van der Waals surface area contributed by atoms with Crippen molar-refractivity contribution in [2.45, 2.75) is 32.4 Å². The molecular weight excluding hydrogens is 340 g/mol. The molecule has 1 amide bonds. The summed E-state index contributed by atoms with van der Waals surface area (Å²) in [7, 11) is 0. The number of pyridine rings is 1. The standard InChI is InChI=1S/C21H24N4O2/c1-14-11-23-21(27)18-17(12-22-19(14)18)20(26)24-16-7-9-25(10-8-16)13-15-5-3-2-4-6-15/h2-6,11-12,16,22H,7-10,13H2,1H3,(H,23,27)(H,24,26). The van der Waals surface area contributed by atoms with Crippen molar-refractivity contribution in [3.8, 4) is 0 Å². The highest BCUT2D eigenvalue weighted by Crippen LogP contribution is 2.18. The Morgan fingerprint density at radius 3 is 2.63 bits per heavy atom. The molecule has 2 aromatic heterocycles. The fourth-order valence-electron chi connectivity index (χ4n) is 3.81. The molecule has 3 aromatic rings. The van der Waals surface area contributed by atoms with E-state index < -0.39 is 0 Å². The molecular formula is C21H24N4O2. The van der Waals surface area contributed by atoms with Gasteiger partial charge in [-0.3, -0.25) is 14.5 Å². The van der Waals surface area contributed by atoms with Crippen molar-refractivity contribution in [1.29, 1.82) is 0 Å². The van der Waals surface area contributed by atoms with Crippen LogP contribution in [0.2, 0.25) is 0 Å². The van der Waals surface area contributed by atoms with E-state index in [4.69, 9.17) is 0 Å². The first kappa shape index (κ1) is 17.5. The molecule has 27 heavy (non-hydrogen) atoms. The van der Waals surface area contributed by atoms with Crippen molar-refractivity contribution >= 4 is 16.8 Å². The number of hydrogen-bond donors (Lipinski definition) is 3. The summed E-state index contributed by atoms with van der Waals surface area (Å²) < 4.78 is 0. The molecule has 4 rings (SSSR count). The van der Waals surface area contributed by atoms with Crippen molar-refractivity contribution in [3.63, 3.8) is 0 Å². The zero-order valence-electron chi connectivity index (χ0n) is 15.4. The number of aryl methyl sites for hydroxylation is 1. The van der Waals surface area contributed by atoms with E-state index in [2.05, 4.69) is 44.5 Å². The highest BCUT2D eigenvalue weighted by Gasteiger charge is 2.23. The third-order valence-electron chi connectivity index (χ3n) is 5.34. The van der Waals surface area contributed by atoms with Crippen molar-refractivity contribution in [2.24, 2.45) is 0 Å². The third-order valence-corrected chi connectivity index (χ3v) is 5.34. The van der Waals surface area contributed by atoms with Crippen LogP contribution in [0.5, 0.6) is 0 Å². The lowest BCUT2D eigenvalue weighted by Crippen LogP contribution is -2.44. The van der Waals surface area contributed by atoms with Crippen LogP contribution in [0.15, 0.2) is 47.5 Å². The molecule has 1 aliphatic rings. The fourth-order valence-corrected chi connectivity index (χ4v) is 3.81. The molecule has 1 aliphatic heterocycles. The van der Waals surface area contributed by atoms with E-state index in [0.717, 1.165) is 43.6 Å². The van der Waals surface area contributed by atoms with Gasteiger partial charge in [0.15, 0.2) is 0 Å². The molecule has 0 bridgehead atoms. The molecule has 6 heteroatoms. The zero-order valence-corrected chi connectivity index (χ0v) is 15.4. The SMILES string of the molecule is Cc1c[nH]c(=O)c2c(C(=O)NC3CCN(Cc4ccccc4)CC3)c[nH]c12. The Labute approximate surface area is 157 Å². The van der Waals surface area contributed by atoms with Crippen molar-refractivity contribution in [3.05, 3.63) is 69.8 Å². The molecule has 1 fully saturated rings. The van der Waals surface area contributed by atoms with Gasteiger partial charge in [0.25, 0.3) is 11.5 Å². The van der Waals surface area contributed by atoms with Gasteiger partial charge in [-0.1, -0.05) is 30.3 Å². The first-order valence-electron chi connectivity index (χ1n) is 9.38. The van der Waals surface area contributed by atoms with E-state index in [-0.39, 0.29) is 17.5 Å². The summed E-state index contributed by atoms with van der Waals surface area (Å²) in [4.78, 5) is 33.1. The third kappa shape index (κ3) is 3.66. The molecule has 3 heterocycles. The molecule has 0 unspecified atom stereocenters. The molecule has 0 aliphatic carbocycles. The second-order valence-corrected chi connectivity index (χ2v) is 7.26. The number of piperidine rings is 1. The van der Waals surface area contributed by atoms with E-state index in [1.807, 2.05) is 13.0 Å². The zero-order chi connectivity index (χ0) is 18.8. The van der Waals surface area contributed by atoms with Gasteiger partial charge in [-0.15, -0.1) is 0 Å². The van der Waals surface area contributed by atoms with Crippen molar-refractivity contribution < 1.29 is 4.79 Å². The number of hydrogen-bond acceptors (Lipinski definition) is 3. The molecule has 1 saturated heterocycles. The highest BCUT2D eigenvalue weighted by atomic mass is 16.2. The number of benzene rings is 1. The van der Waals surface area contributed by atoms with Gasteiger partial charge < -0.3 is 15.3 Å². The highest BCUT2D eigenvalue weighted by molar-refractivity contribution is 6.07. The molecule has 140 valence electrons. The molecule has 6 nitrogen and oxygen atoms in total. The maximum atomic E-state index is 12.7. The number of aromatic nitrogens is 2. The number of amides is 1. The van der Waals surface area contributed by atoms with Crippen LogP contribution in [0.1, 0.15) is 34.3 Å². The minimum absolute atomic E-state index is 0.137. The number of nitrogens with one attached hydrogen (secondary N) is 3. The largest absolute Gasteiger partial charge is 0.360 e. The number of rotatable bonds is 4. The normalized spacial score (nSPS) is 15.9. The molecule has 0 saturated carbocycles. The first-order valence-corrected chi connectivity index (χ1v) is 9.38. The van der Waals surface area contributed by atoms with Crippen LogP contribution < -0.4 is 10.9 Å².